The van der Waals surface area contributed by atoms with Crippen molar-refractivity contribution in [3.63, 3.8) is 0 Å². The Labute approximate surface area is 47.0 Å². The van der Waals surface area contributed by atoms with E-state index in [0.29, 0.717) is 0 Å². The van der Waals surface area contributed by atoms with Crippen molar-refractivity contribution in [3.8, 4) is 0 Å². The third kappa shape index (κ3) is 0.899. The van der Waals surface area contributed by atoms with Gasteiger partial charge < -0.3 is 0 Å². The molecule has 7 heavy (non-hydrogen) atoms. The van der Waals surface area contributed by atoms with Gasteiger partial charge in [-0.2, -0.15) is 0 Å². The molecule has 0 N–H and O–H groups in total. The molecule has 0 atom stereocenters. The molecule has 36 valence electrons. The fourth-order valence-electron chi connectivity index (χ4n) is 0.362. The average Bonchev–Trinajstić information content (AvgIpc) is 2.14. The van der Waals surface area contributed by atoms with Crippen LogP contribution in [0.4, 0.5) is 0 Å². The second kappa shape index (κ2) is 1.93. The molecule has 0 aromatic carbocycles. The summed E-state index contributed by atoms with van der Waals surface area (Å²) in [5.74, 6) is 0. The molecule has 0 bridgehead atoms. The highest BCUT2D eigenvalue weighted by Crippen LogP contribution is 1.90. The minimum Gasteiger partial charge on any atom is -0.260 e. The second-order valence-corrected chi connectivity index (χ2v) is 1.42. The van der Waals surface area contributed by atoms with Gasteiger partial charge in [0.1, 0.15) is 0 Å². The highest BCUT2D eigenvalue weighted by Gasteiger charge is 1.96. The zero-order chi connectivity index (χ0) is 5.11. The lowest BCUT2D eigenvalue weighted by molar-refractivity contribution is 0.988. The Balaban J connectivity index is 2.59. The molecule has 3 heteroatoms. The SMILES string of the molecule is S=CC1N=CC=N1. The van der Waals surface area contributed by atoms with Crippen LogP contribution in [0.25, 0.3) is 0 Å². The van der Waals surface area contributed by atoms with Crippen molar-refractivity contribution in [2.45, 2.75) is 6.17 Å². The van der Waals surface area contributed by atoms with Crippen molar-refractivity contribution in [1.82, 2.24) is 0 Å². The van der Waals surface area contributed by atoms with Gasteiger partial charge in [0.2, 0.25) is 0 Å². The first-order valence-electron chi connectivity index (χ1n) is 1.94. The third-order valence-electron chi connectivity index (χ3n) is 0.666. The summed E-state index contributed by atoms with van der Waals surface area (Å²) in [4.78, 5) is 7.69. The van der Waals surface area contributed by atoms with Crippen LogP contribution in [0.1, 0.15) is 0 Å². The van der Waals surface area contributed by atoms with Crippen molar-refractivity contribution < 1.29 is 0 Å². The van der Waals surface area contributed by atoms with Crippen LogP contribution >= 0.6 is 12.2 Å². The first-order chi connectivity index (χ1) is 3.43. The van der Waals surface area contributed by atoms with Gasteiger partial charge in [0.05, 0.1) is 0 Å². The minimum absolute atomic E-state index is 0.0741. The molecule has 1 heterocycles. The monoisotopic (exact) mass is 112 g/mol. The summed E-state index contributed by atoms with van der Waals surface area (Å²) >= 11 is 4.56. The molecule has 0 fully saturated rings. The van der Waals surface area contributed by atoms with E-state index in [2.05, 4.69) is 22.2 Å². The molecule has 1 aliphatic rings. The number of hydrogen-bond donors (Lipinski definition) is 0. The lowest BCUT2D eigenvalue weighted by Crippen LogP contribution is -1.93. The van der Waals surface area contributed by atoms with Crippen LogP contribution in [0.3, 0.4) is 0 Å². The van der Waals surface area contributed by atoms with Gasteiger partial charge in [-0.3, -0.25) is 9.98 Å². The second-order valence-electron chi connectivity index (χ2n) is 1.15. The van der Waals surface area contributed by atoms with E-state index in [0.717, 1.165) is 0 Å². The van der Waals surface area contributed by atoms with Crippen LogP contribution in [-0.4, -0.2) is 24.0 Å². The Bertz CT molecular complexity index is 116. The van der Waals surface area contributed by atoms with E-state index in [-0.39, 0.29) is 6.17 Å². The zero-order valence-corrected chi connectivity index (χ0v) is 4.43. The van der Waals surface area contributed by atoms with E-state index >= 15 is 0 Å². The molecular formula is C4H4N2S. The predicted octanol–water partition coefficient (Wildman–Crippen LogP) is 0.467. The van der Waals surface area contributed by atoms with E-state index in [1.54, 1.807) is 12.4 Å². The van der Waals surface area contributed by atoms with E-state index in [1.165, 1.54) is 5.37 Å². The maximum atomic E-state index is 4.56. The molecule has 0 radical (unpaired) electrons. The Hall–Kier alpha value is -0.570. The van der Waals surface area contributed by atoms with E-state index in [9.17, 15) is 0 Å². The standard InChI is InChI=1S/C4H4N2S/c7-3-4-5-1-2-6-4/h1-4H. The Kier molecular flexibility index (Phi) is 1.26. The molecule has 0 aromatic rings. The summed E-state index contributed by atoms with van der Waals surface area (Å²) in [5.41, 5.74) is 0. The Morgan fingerprint density at radius 3 is 2.29 bits per heavy atom. The van der Waals surface area contributed by atoms with Gasteiger partial charge in [0.25, 0.3) is 0 Å². The van der Waals surface area contributed by atoms with E-state index in [4.69, 9.17) is 0 Å². The number of rotatable bonds is 1. The summed E-state index contributed by atoms with van der Waals surface area (Å²) in [6.07, 6.45) is 3.22. The molecule has 0 aliphatic carbocycles. The van der Waals surface area contributed by atoms with Gasteiger partial charge in [-0.25, -0.2) is 0 Å². The molecule has 0 aromatic heterocycles. The van der Waals surface area contributed by atoms with E-state index in [1.807, 2.05) is 0 Å². The molecule has 0 unspecified atom stereocenters. The Morgan fingerprint density at radius 1 is 1.43 bits per heavy atom. The number of thiocarbonyl (C=S) groups is 1. The molecule has 1 aliphatic heterocycles. The topological polar surface area (TPSA) is 24.7 Å². The lowest BCUT2D eigenvalue weighted by Gasteiger charge is -1.86. The molecule has 0 saturated carbocycles. The van der Waals surface area contributed by atoms with Gasteiger partial charge >= 0.3 is 0 Å². The van der Waals surface area contributed by atoms with Gasteiger partial charge in [-0.05, 0) is 0 Å². The fourth-order valence-corrected chi connectivity index (χ4v) is 0.503. The molecular weight excluding hydrogens is 108 g/mol. The maximum absolute atomic E-state index is 4.56. The quantitative estimate of drug-likeness (QED) is 0.452. The van der Waals surface area contributed by atoms with Gasteiger partial charge in [0, 0.05) is 17.8 Å². The zero-order valence-electron chi connectivity index (χ0n) is 3.61. The van der Waals surface area contributed by atoms with Crippen molar-refractivity contribution >= 4 is 30.0 Å². The first-order valence-corrected chi connectivity index (χ1v) is 2.41. The summed E-state index contributed by atoms with van der Waals surface area (Å²) in [6.45, 7) is 0. The summed E-state index contributed by atoms with van der Waals surface area (Å²) in [7, 11) is 0. The fraction of sp³-hybridized carbons (Fsp3) is 0.250. The molecule has 1 rings (SSSR count). The van der Waals surface area contributed by atoms with Crippen molar-refractivity contribution in [3.05, 3.63) is 0 Å². The third-order valence-corrected chi connectivity index (χ3v) is 0.909. The van der Waals surface area contributed by atoms with Crippen LogP contribution in [-0.2, 0) is 0 Å². The van der Waals surface area contributed by atoms with Gasteiger partial charge in [-0.1, -0.05) is 12.2 Å². The van der Waals surface area contributed by atoms with Crippen LogP contribution in [0.5, 0.6) is 0 Å². The smallest absolute Gasteiger partial charge is 0.168 e. The summed E-state index contributed by atoms with van der Waals surface area (Å²) in [6, 6.07) is 0. The predicted molar refractivity (Wildman–Crippen MR) is 34.4 cm³/mol. The van der Waals surface area contributed by atoms with Crippen molar-refractivity contribution in [2.75, 3.05) is 0 Å². The summed E-state index contributed by atoms with van der Waals surface area (Å²) < 4.78 is 0. The molecule has 0 saturated heterocycles. The molecule has 2 nitrogen and oxygen atoms in total. The minimum atomic E-state index is -0.0741. The van der Waals surface area contributed by atoms with Gasteiger partial charge in [-0.15, -0.1) is 0 Å². The van der Waals surface area contributed by atoms with E-state index < -0.39 is 0 Å². The normalized spacial score (nSPS) is 18.3. The maximum Gasteiger partial charge on any atom is 0.168 e. The molecule has 0 spiro atoms. The van der Waals surface area contributed by atoms with Crippen LogP contribution in [0, 0.1) is 0 Å². The highest BCUT2D eigenvalue weighted by atomic mass is 32.1. The number of aliphatic imine (C=N–C) groups is 2. The lowest BCUT2D eigenvalue weighted by atomic mass is 10.6. The highest BCUT2D eigenvalue weighted by molar-refractivity contribution is 7.79. The summed E-state index contributed by atoms with van der Waals surface area (Å²) in [5, 5.41) is 1.53. The van der Waals surface area contributed by atoms with Crippen molar-refractivity contribution in [1.29, 1.82) is 0 Å². The first kappa shape index (κ1) is 4.59. The number of nitrogens with zero attached hydrogens (tertiary/aromatic N) is 2. The largest absolute Gasteiger partial charge is 0.260 e. The van der Waals surface area contributed by atoms with Crippen LogP contribution < -0.4 is 0 Å². The average molecular weight is 112 g/mol. The number of hydrogen-bond acceptors (Lipinski definition) is 3. The van der Waals surface area contributed by atoms with Crippen molar-refractivity contribution in [2.24, 2.45) is 9.98 Å². The molecule has 0 amide bonds. The van der Waals surface area contributed by atoms with Crippen LogP contribution in [0.15, 0.2) is 9.98 Å². The van der Waals surface area contributed by atoms with Gasteiger partial charge in [0.15, 0.2) is 6.17 Å². The van der Waals surface area contributed by atoms with Crippen LogP contribution in [0.2, 0.25) is 0 Å². The Morgan fingerprint density at radius 2 is 2.00 bits per heavy atom.